The molecule has 5 heteroatoms. The standard InChI is InChI=1S/C16H24N2O3/c1-10(15(19)20)14-11(2)17-16(21)18(12(14)3)9-8-13-6-4-5-7-13/h10,13H,4-9H2,1-3H3,(H,19,20). The molecule has 1 aliphatic rings. The molecule has 1 aromatic heterocycles. The Kier molecular flexibility index (Phi) is 4.80. The van der Waals surface area contributed by atoms with E-state index in [0.717, 1.165) is 12.1 Å². The van der Waals surface area contributed by atoms with E-state index in [9.17, 15) is 14.7 Å². The van der Waals surface area contributed by atoms with Gasteiger partial charge in [-0.1, -0.05) is 25.7 Å². The van der Waals surface area contributed by atoms with Gasteiger partial charge in [0.05, 0.1) is 5.92 Å². The van der Waals surface area contributed by atoms with Crippen LogP contribution in [0.25, 0.3) is 0 Å². The fraction of sp³-hybridized carbons (Fsp3) is 0.688. The Balaban J connectivity index is 2.29. The van der Waals surface area contributed by atoms with Crippen molar-refractivity contribution in [2.75, 3.05) is 0 Å². The van der Waals surface area contributed by atoms with E-state index in [-0.39, 0.29) is 5.69 Å². The molecule has 1 aromatic rings. The van der Waals surface area contributed by atoms with Crippen LogP contribution >= 0.6 is 0 Å². The summed E-state index contributed by atoms with van der Waals surface area (Å²) in [5.41, 5.74) is 1.70. The first-order valence-electron chi connectivity index (χ1n) is 7.72. The van der Waals surface area contributed by atoms with Gasteiger partial charge in [-0.05, 0) is 33.1 Å². The molecule has 1 atom stereocenters. The van der Waals surface area contributed by atoms with Gasteiger partial charge in [0.25, 0.3) is 0 Å². The summed E-state index contributed by atoms with van der Waals surface area (Å²) in [4.78, 5) is 27.4. The molecule has 0 saturated heterocycles. The minimum absolute atomic E-state index is 0.260. The number of rotatable bonds is 5. The Morgan fingerprint density at radius 2 is 2.00 bits per heavy atom. The van der Waals surface area contributed by atoms with Crippen molar-refractivity contribution in [3.05, 3.63) is 27.4 Å². The third kappa shape index (κ3) is 3.34. The first-order chi connectivity index (χ1) is 9.91. The van der Waals surface area contributed by atoms with Crippen molar-refractivity contribution in [2.24, 2.45) is 5.92 Å². The van der Waals surface area contributed by atoms with Gasteiger partial charge < -0.3 is 5.11 Å². The van der Waals surface area contributed by atoms with Gasteiger partial charge in [0.1, 0.15) is 0 Å². The average molecular weight is 292 g/mol. The number of carbonyl (C=O) groups is 1. The molecule has 116 valence electrons. The number of aliphatic carboxylic acids is 1. The highest BCUT2D eigenvalue weighted by Crippen LogP contribution is 2.28. The summed E-state index contributed by atoms with van der Waals surface area (Å²) in [6, 6.07) is 0. The molecule has 1 aliphatic carbocycles. The van der Waals surface area contributed by atoms with Crippen LogP contribution in [0, 0.1) is 19.8 Å². The fourth-order valence-electron chi connectivity index (χ4n) is 3.44. The number of aromatic nitrogens is 2. The lowest BCUT2D eigenvalue weighted by atomic mass is 9.97. The van der Waals surface area contributed by atoms with Crippen LogP contribution in [-0.4, -0.2) is 20.6 Å². The number of nitrogens with zero attached hydrogens (tertiary/aromatic N) is 2. The van der Waals surface area contributed by atoms with Crippen molar-refractivity contribution in [2.45, 2.75) is 65.3 Å². The van der Waals surface area contributed by atoms with Crippen LogP contribution in [-0.2, 0) is 11.3 Å². The summed E-state index contributed by atoms with van der Waals surface area (Å²) in [6.45, 7) is 5.83. The van der Waals surface area contributed by atoms with E-state index >= 15 is 0 Å². The number of carboxylic acid groups (broad SMARTS) is 1. The van der Waals surface area contributed by atoms with Crippen LogP contribution in [0.5, 0.6) is 0 Å². The average Bonchev–Trinajstić information content (AvgIpc) is 2.90. The molecule has 0 bridgehead atoms. The van der Waals surface area contributed by atoms with Gasteiger partial charge in [-0.15, -0.1) is 0 Å². The Morgan fingerprint density at radius 1 is 1.38 bits per heavy atom. The second-order valence-electron chi connectivity index (χ2n) is 6.13. The molecule has 2 rings (SSSR count). The number of hydrogen-bond donors (Lipinski definition) is 1. The van der Waals surface area contributed by atoms with E-state index in [0.29, 0.717) is 23.7 Å². The number of aryl methyl sites for hydroxylation is 1. The van der Waals surface area contributed by atoms with Crippen LogP contribution in [0.4, 0.5) is 0 Å². The predicted octanol–water partition coefficient (Wildman–Crippen LogP) is 2.63. The van der Waals surface area contributed by atoms with Crippen LogP contribution in [0.2, 0.25) is 0 Å². The van der Waals surface area contributed by atoms with E-state index < -0.39 is 11.9 Å². The summed E-state index contributed by atoms with van der Waals surface area (Å²) in [5, 5.41) is 9.23. The van der Waals surface area contributed by atoms with Crippen LogP contribution < -0.4 is 5.69 Å². The maximum absolute atomic E-state index is 12.1. The maximum Gasteiger partial charge on any atom is 0.347 e. The summed E-state index contributed by atoms with van der Waals surface area (Å²) in [6.07, 6.45) is 6.03. The zero-order valence-corrected chi connectivity index (χ0v) is 13.1. The molecule has 0 radical (unpaired) electrons. The third-order valence-corrected chi connectivity index (χ3v) is 4.72. The van der Waals surface area contributed by atoms with Crippen molar-refractivity contribution in [3.63, 3.8) is 0 Å². The topological polar surface area (TPSA) is 72.2 Å². The van der Waals surface area contributed by atoms with Gasteiger partial charge in [0.15, 0.2) is 0 Å². The van der Waals surface area contributed by atoms with Gasteiger partial charge in [-0.3, -0.25) is 9.36 Å². The SMILES string of the molecule is Cc1nc(=O)n(CCC2CCCC2)c(C)c1C(C)C(=O)O. The monoisotopic (exact) mass is 292 g/mol. The normalized spacial score (nSPS) is 17.1. The first-order valence-corrected chi connectivity index (χ1v) is 7.72. The second-order valence-corrected chi connectivity index (χ2v) is 6.13. The summed E-state index contributed by atoms with van der Waals surface area (Å²) in [7, 11) is 0. The van der Waals surface area contributed by atoms with Crippen molar-refractivity contribution in [3.8, 4) is 0 Å². The lowest BCUT2D eigenvalue weighted by Crippen LogP contribution is -2.30. The molecule has 1 heterocycles. The van der Waals surface area contributed by atoms with E-state index in [4.69, 9.17) is 0 Å². The third-order valence-electron chi connectivity index (χ3n) is 4.72. The lowest BCUT2D eigenvalue weighted by molar-refractivity contribution is -0.138. The van der Waals surface area contributed by atoms with Gasteiger partial charge in [-0.2, -0.15) is 4.98 Å². The molecule has 0 aromatic carbocycles. The maximum atomic E-state index is 12.1. The smallest absolute Gasteiger partial charge is 0.347 e. The van der Waals surface area contributed by atoms with Crippen LogP contribution in [0.15, 0.2) is 4.79 Å². The molecule has 0 amide bonds. The Labute approximate surface area is 125 Å². The molecule has 5 nitrogen and oxygen atoms in total. The molecule has 0 aliphatic heterocycles. The second kappa shape index (κ2) is 6.41. The molecule has 1 unspecified atom stereocenters. The quantitative estimate of drug-likeness (QED) is 0.905. The van der Waals surface area contributed by atoms with Crippen molar-refractivity contribution in [1.82, 2.24) is 9.55 Å². The zero-order valence-electron chi connectivity index (χ0n) is 13.1. The summed E-state index contributed by atoms with van der Waals surface area (Å²) < 4.78 is 1.65. The minimum atomic E-state index is -0.885. The van der Waals surface area contributed by atoms with Crippen LogP contribution in [0.3, 0.4) is 0 Å². The highest BCUT2D eigenvalue weighted by Gasteiger charge is 2.23. The van der Waals surface area contributed by atoms with Crippen LogP contribution in [0.1, 0.15) is 61.9 Å². The Bertz CT molecular complexity index is 586. The lowest BCUT2D eigenvalue weighted by Gasteiger charge is -2.19. The highest BCUT2D eigenvalue weighted by molar-refractivity contribution is 5.76. The van der Waals surface area contributed by atoms with E-state index in [1.54, 1.807) is 18.4 Å². The summed E-state index contributed by atoms with van der Waals surface area (Å²) >= 11 is 0. The molecule has 21 heavy (non-hydrogen) atoms. The van der Waals surface area contributed by atoms with Crippen molar-refractivity contribution < 1.29 is 9.90 Å². The highest BCUT2D eigenvalue weighted by atomic mass is 16.4. The van der Waals surface area contributed by atoms with E-state index in [1.807, 2.05) is 6.92 Å². The van der Waals surface area contributed by atoms with Gasteiger partial charge >= 0.3 is 11.7 Å². The molecule has 1 saturated carbocycles. The molecular weight excluding hydrogens is 268 g/mol. The zero-order chi connectivity index (χ0) is 15.6. The summed E-state index contributed by atoms with van der Waals surface area (Å²) in [5.74, 6) is -0.835. The van der Waals surface area contributed by atoms with Crippen molar-refractivity contribution in [1.29, 1.82) is 0 Å². The van der Waals surface area contributed by atoms with E-state index in [1.165, 1.54) is 25.7 Å². The molecular formula is C16H24N2O3. The number of hydrogen-bond acceptors (Lipinski definition) is 3. The van der Waals surface area contributed by atoms with Gasteiger partial charge in [0.2, 0.25) is 0 Å². The largest absolute Gasteiger partial charge is 0.481 e. The Hall–Kier alpha value is -1.65. The Morgan fingerprint density at radius 3 is 2.57 bits per heavy atom. The molecule has 0 spiro atoms. The predicted molar refractivity (Wildman–Crippen MR) is 80.6 cm³/mol. The molecule has 1 N–H and O–H groups in total. The van der Waals surface area contributed by atoms with Crippen molar-refractivity contribution >= 4 is 5.97 Å². The number of carboxylic acids is 1. The molecule has 1 fully saturated rings. The minimum Gasteiger partial charge on any atom is -0.481 e. The first kappa shape index (κ1) is 15.7. The van der Waals surface area contributed by atoms with Gasteiger partial charge in [-0.25, -0.2) is 4.79 Å². The fourth-order valence-corrected chi connectivity index (χ4v) is 3.44. The van der Waals surface area contributed by atoms with Gasteiger partial charge in [0, 0.05) is 23.5 Å². The van der Waals surface area contributed by atoms with E-state index in [2.05, 4.69) is 4.98 Å².